The van der Waals surface area contributed by atoms with Gasteiger partial charge in [0.2, 0.25) is 0 Å². The Bertz CT molecular complexity index is 261. The summed E-state index contributed by atoms with van der Waals surface area (Å²) in [6.45, 7) is 6.29. The zero-order valence-corrected chi connectivity index (χ0v) is 9.11. The predicted octanol–water partition coefficient (Wildman–Crippen LogP) is 0.881. The molecule has 0 fully saturated rings. The molecule has 80 valence electrons. The summed E-state index contributed by atoms with van der Waals surface area (Å²) >= 11 is 0. The Balaban J connectivity index is 2.70. The van der Waals surface area contributed by atoms with Crippen molar-refractivity contribution in [1.29, 1.82) is 0 Å². The first kappa shape index (κ1) is 11.2. The quantitative estimate of drug-likeness (QED) is 0.662. The van der Waals surface area contributed by atoms with Crippen molar-refractivity contribution in [2.45, 2.75) is 32.6 Å². The van der Waals surface area contributed by atoms with Crippen LogP contribution in [0.2, 0.25) is 0 Å². The Kier molecular flexibility index (Phi) is 3.29. The van der Waals surface area contributed by atoms with Crippen LogP contribution in [0.15, 0.2) is 16.9 Å². The standard InChI is InChI=1S/C10H18N2O2/c1-7(2)10(3)6-11-8(5-12-10)9(13)14-4/h5-7,9,12-13H,1-4H3. The molecule has 1 heterocycles. The molecule has 0 saturated carbocycles. The normalized spacial score (nSPS) is 28.6. The summed E-state index contributed by atoms with van der Waals surface area (Å²) in [6.07, 6.45) is 2.57. The highest BCUT2D eigenvalue weighted by Crippen LogP contribution is 2.19. The fourth-order valence-electron chi connectivity index (χ4n) is 1.08. The molecule has 0 aromatic rings. The van der Waals surface area contributed by atoms with E-state index in [0.29, 0.717) is 11.6 Å². The van der Waals surface area contributed by atoms with E-state index in [1.165, 1.54) is 7.11 Å². The van der Waals surface area contributed by atoms with Crippen molar-refractivity contribution in [1.82, 2.24) is 5.32 Å². The topological polar surface area (TPSA) is 53.9 Å². The van der Waals surface area contributed by atoms with Crippen LogP contribution in [0.25, 0.3) is 0 Å². The largest absolute Gasteiger partial charge is 0.379 e. The van der Waals surface area contributed by atoms with Crippen molar-refractivity contribution in [2.24, 2.45) is 10.9 Å². The van der Waals surface area contributed by atoms with Crippen LogP contribution >= 0.6 is 0 Å². The van der Waals surface area contributed by atoms with Gasteiger partial charge in [0.05, 0.1) is 5.54 Å². The molecule has 4 nitrogen and oxygen atoms in total. The number of rotatable bonds is 3. The number of hydrogen-bond donors (Lipinski definition) is 2. The molecular weight excluding hydrogens is 180 g/mol. The molecule has 0 amide bonds. The van der Waals surface area contributed by atoms with Gasteiger partial charge in [-0.1, -0.05) is 13.8 Å². The molecule has 0 spiro atoms. The van der Waals surface area contributed by atoms with Crippen molar-refractivity contribution >= 4 is 6.21 Å². The summed E-state index contributed by atoms with van der Waals surface area (Å²) in [5.41, 5.74) is 0.363. The fourth-order valence-corrected chi connectivity index (χ4v) is 1.08. The lowest BCUT2D eigenvalue weighted by molar-refractivity contribution is -0.0460. The molecule has 1 aliphatic rings. The fraction of sp³-hybridized carbons (Fsp3) is 0.700. The SMILES string of the molecule is COC(O)C1=CNC(C)(C(C)C)C=N1. The van der Waals surface area contributed by atoms with Gasteiger partial charge in [-0.3, -0.25) is 4.99 Å². The zero-order valence-electron chi connectivity index (χ0n) is 9.11. The molecule has 0 bridgehead atoms. The smallest absolute Gasteiger partial charge is 0.199 e. The minimum absolute atomic E-state index is 0.142. The molecule has 0 aromatic heterocycles. The van der Waals surface area contributed by atoms with Crippen LogP contribution in [-0.2, 0) is 4.74 Å². The maximum absolute atomic E-state index is 9.35. The van der Waals surface area contributed by atoms with E-state index < -0.39 is 6.29 Å². The van der Waals surface area contributed by atoms with Gasteiger partial charge in [-0.25, -0.2) is 0 Å². The van der Waals surface area contributed by atoms with Gasteiger partial charge in [-0.2, -0.15) is 0 Å². The highest BCUT2D eigenvalue weighted by molar-refractivity contribution is 5.72. The summed E-state index contributed by atoms with van der Waals surface area (Å²) in [4.78, 5) is 4.17. The third kappa shape index (κ3) is 2.13. The molecule has 0 aliphatic carbocycles. The molecule has 0 saturated heterocycles. The van der Waals surface area contributed by atoms with E-state index >= 15 is 0 Å². The van der Waals surface area contributed by atoms with Crippen molar-refractivity contribution < 1.29 is 9.84 Å². The van der Waals surface area contributed by atoms with E-state index in [9.17, 15) is 5.11 Å². The average molecular weight is 198 g/mol. The highest BCUT2D eigenvalue weighted by Gasteiger charge is 2.28. The number of nitrogens with one attached hydrogen (secondary N) is 1. The molecule has 4 heteroatoms. The van der Waals surface area contributed by atoms with E-state index in [2.05, 4.69) is 31.1 Å². The second kappa shape index (κ2) is 4.11. The Morgan fingerprint density at radius 3 is 2.57 bits per heavy atom. The van der Waals surface area contributed by atoms with Crippen LogP contribution in [0.4, 0.5) is 0 Å². The number of hydrogen-bond acceptors (Lipinski definition) is 4. The molecule has 2 unspecified atom stereocenters. The second-order valence-electron chi connectivity index (χ2n) is 4.00. The lowest BCUT2D eigenvalue weighted by atomic mass is 9.89. The first-order valence-electron chi connectivity index (χ1n) is 4.73. The first-order valence-corrected chi connectivity index (χ1v) is 4.73. The van der Waals surface area contributed by atoms with E-state index in [0.717, 1.165) is 0 Å². The molecule has 14 heavy (non-hydrogen) atoms. The molecule has 2 atom stereocenters. The molecule has 0 aromatic carbocycles. The minimum Gasteiger partial charge on any atom is -0.379 e. The summed E-state index contributed by atoms with van der Waals surface area (Å²) in [5, 5.41) is 12.6. The van der Waals surface area contributed by atoms with E-state index in [-0.39, 0.29) is 5.54 Å². The third-order valence-electron chi connectivity index (χ3n) is 2.69. The Morgan fingerprint density at radius 2 is 2.21 bits per heavy atom. The van der Waals surface area contributed by atoms with Gasteiger partial charge in [0.15, 0.2) is 6.29 Å². The van der Waals surface area contributed by atoms with Gasteiger partial charge in [0.1, 0.15) is 5.70 Å². The van der Waals surface area contributed by atoms with Gasteiger partial charge in [-0.15, -0.1) is 0 Å². The highest BCUT2D eigenvalue weighted by atomic mass is 16.6. The molecule has 1 rings (SSSR count). The molecular formula is C10H18N2O2. The monoisotopic (exact) mass is 198 g/mol. The average Bonchev–Trinajstić information content (AvgIpc) is 2.17. The zero-order chi connectivity index (χ0) is 10.8. The van der Waals surface area contributed by atoms with Crippen LogP contribution in [0.3, 0.4) is 0 Å². The van der Waals surface area contributed by atoms with E-state index in [4.69, 9.17) is 4.74 Å². The Morgan fingerprint density at radius 1 is 1.57 bits per heavy atom. The van der Waals surface area contributed by atoms with Gasteiger partial charge in [0, 0.05) is 19.5 Å². The number of nitrogens with zero attached hydrogens (tertiary/aromatic N) is 1. The van der Waals surface area contributed by atoms with Gasteiger partial charge in [-0.05, 0) is 12.8 Å². The number of aliphatic hydroxyl groups is 1. The maximum atomic E-state index is 9.35. The summed E-state index contributed by atoms with van der Waals surface area (Å²) in [5.74, 6) is 0.434. The second-order valence-corrected chi connectivity index (χ2v) is 4.00. The summed E-state index contributed by atoms with van der Waals surface area (Å²) < 4.78 is 4.75. The number of aliphatic hydroxyl groups excluding tert-OH is 1. The third-order valence-corrected chi connectivity index (χ3v) is 2.69. The molecule has 1 aliphatic heterocycles. The van der Waals surface area contributed by atoms with Crippen molar-refractivity contribution in [3.63, 3.8) is 0 Å². The lowest BCUT2D eigenvalue weighted by Crippen LogP contribution is -2.48. The predicted molar refractivity (Wildman–Crippen MR) is 56.0 cm³/mol. The molecule has 2 N–H and O–H groups in total. The van der Waals surface area contributed by atoms with Crippen molar-refractivity contribution in [3.05, 3.63) is 11.9 Å². The van der Waals surface area contributed by atoms with E-state index in [1.807, 2.05) is 6.21 Å². The van der Waals surface area contributed by atoms with E-state index in [1.54, 1.807) is 6.20 Å². The van der Waals surface area contributed by atoms with Gasteiger partial charge < -0.3 is 15.2 Å². The number of ether oxygens (including phenoxy) is 1. The first-order chi connectivity index (χ1) is 6.49. The van der Waals surface area contributed by atoms with Crippen LogP contribution in [0.5, 0.6) is 0 Å². The summed E-state index contributed by atoms with van der Waals surface area (Å²) in [7, 11) is 1.44. The van der Waals surface area contributed by atoms with Crippen LogP contribution in [0.1, 0.15) is 20.8 Å². The number of methoxy groups -OCH3 is 1. The van der Waals surface area contributed by atoms with Gasteiger partial charge in [0.25, 0.3) is 0 Å². The van der Waals surface area contributed by atoms with Crippen LogP contribution in [-0.4, -0.2) is 30.3 Å². The van der Waals surface area contributed by atoms with Crippen molar-refractivity contribution in [3.8, 4) is 0 Å². The summed E-state index contributed by atoms with van der Waals surface area (Å²) in [6, 6.07) is 0. The van der Waals surface area contributed by atoms with Crippen LogP contribution < -0.4 is 5.32 Å². The molecule has 0 radical (unpaired) electrons. The minimum atomic E-state index is -0.949. The Hall–Kier alpha value is -0.870. The number of aliphatic imine (C=N–C) groups is 1. The maximum Gasteiger partial charge on any atom is 0.199 e. The van der Waals surface area contributed by atoms with Crippen molar-refractivity contribution in [2.75, 3.05) is 7.11 Å². The Labute approximate surface area is 84.7 Å². The van der Waals surface area contributed by atoms with Gasteiger partial charge >= 0.3 is 0 Å². The lowest BCUT2D eigenvalue weighted by Gasteiger charge is -2.33. The van der Waals surface area contributed by atoms with Crippen LogP contribution in [0, 0.1) is 5.92 Å².